The smallest absolute Gasteiger partial charge is 0.0178 e. The first-order chi connectivity index (χ1) is 5.82. The zero-order valence-corrected chi connectivity index (χ0v) is 10.8. The Morgan fingerprint density at radius 1 is 0.417 bits per heavy atom. The van der Waals surface area contributed by atoms with Crippen molar-refractivity contribution in [1.82, 2.24) is 0 Å². The molecule has 0 aliphatic heterocycles. The highest BCUT2D eigenvalue weighted by Gasteiger charge is 2.88. The van der Waals surface area contributed by atoms with Gasteiger partial charge in [0.1, 0.15) is 0 Å². The molecule has 6 rings (SSSR count). The van der Waals surface area contributed by atoms with E-state index in [1.807, 2.05) is 0 Å². The minimum Gasteiger partial charge on any atom is -0.0820 e. The predicted octanol–water partition coefficient (Wildman–Crippen LogP) is 2.59. The molecule has 0 unspecified atom stereocenters. The Bertz CT molecular complexity index is 268. The average molecular weight is 384 g/mol. The number of halogens is 2. The summed E-state index contributed by atoms with van der Waals surface area (Å²) in [5.41, 5.74) is 0. The molecule has 12 heavy (non-hydrogen) atoms. The molecule has 0 N–H and O–H groups in total. The van der Waals surface area contributed by atoms with Gasteiger partial charge >= 0.3 is 0 Å². The van der Waals surface area contributed by atoms with Gasteiger partial charge in [-0.2, -0.15) is 0 Å². The summed E-state index contributed by atoms with van der Waals surface area (Å²) in [5, 5.41) is 0. The van der Waals surface area contributed by atoms with Gasteiger partial charge in [0.15, 0.2) is 0 Å². The molecule has 6 saturated carbocycles. The van der Waals surface area contributed by atoms with E-state index in [1.165, 1.54) is 47.3 Å². The summed E-state index contributed by atoms with van der Waals surface area (Å²) in [5.74, 6) is 9.80. The molecule has 4 bridgehead atoms. The van der Waals surface area contributed by atoms with E-state index in [1.54, 1.807) is 0 Å². The molecular weight excluding hydrogens is 374 g/mol. The van der Waals surface area contributed by atoms with Crippen molar-refractivity contribution in [2.24, 2.45) is 47.3 Å². The standard InChI is InChI=1S/C10H10I2/c11-9-5-1-2-4(5)8-7(9)3(1)6(2)10(8)12/h1-10H/t1-,2-,3-,4+,5-,6-,7+,8-,9+,10+/m1/s1. The number of rotatable bonds is 0. The van der Waals surface area contributed by atoms with Crippen LogP contribution >= 0.6 is 45.2 Å². The van der Waals surface area contributed by atoms with Crippen molar-refractivity contribution in [3.8, 4) is 0 Å². The molecule has 0 amide bonds. The van der Waals surface area contributed by atoms with E-state index in [4.69, 9.17) is 0 Å². The molecule has 0 saturated heterocycles. The largest absolute Gasteiger partial charge is 0.0820 e. The fourth-order valence-electron chi connectivity index (χ4n) is 6.03. The molecule has 0 aromatic rings. The summed E-state index contributed by atoms with van der Waals surface area (Å²) in [6.07, 6.45) is 0. The third-order valence-electron chi connectivity index (χ3n) is 5.92. The predicted molar refractivity (Wildman–Crippen MR) is 63.5 cm³/mol. The van der Waals surface area contributed by atoms with Gasteiger partial charge in [-0.1, -0.05) is 45.2 Å². The van der Waals surface area contributed by atoms with Crippen LogP contribution in [0.4, 0.5) is 0 Å². The van der Waals surface area contributed by atoms with Crippen LogP contribution in [0.3, 0.4) is 0 Å². The lowest BCUT2D eigenvalue weighted by Gasteiger charge is -2.63. The minimum atomic E-state index is 1.11. The van der Waals surface area contributed by atoms with Crippen molar-refractivity contribution in [3.05, 3.63) is 0 Å². The zero-order valence-electron chi connectivity index (χ0n) is 6.53. The molecule has 6 fully saturated rings. The highest BCUT2D eigenvalue weighted by Crippen LogP contribution is 2.90. The molecule has 0 nitrogen and oxygen atoms in total. The molecular formula is C10H10I2. The molecule has 64 valence electrons. The molecule has 10 atom stereocenters. The lowest BCUT2D eigenvalue weighted by molar-refractivity contribution is -0.168. The number of alkyl halides is 2. The maximum Gasteiger partial charge on any atom is 0.0178 e. The second-order valence-corrected chi connectivity index (χ2v) is 8.38. The van der Waals surface area contributed by atoms with Crippen LogP contribution in [0, 0.1) is 47.3 Å². The average Bonchev–Trinajstić information content (AvgIpc) is 2.45. The Morgan fingerprint density at radius 3 is 1.00 bits per heavy atom. The lowest BCUT2D eigenvalue weighted by atomic mass is 9.41. The van der Waals surface area contributed by atoms with Crippen LogP contribution in [0.2, 0.25) is 0 Å². The summed E-state index contributed by atoms with van der Waals surface area (Å²) in [4.78, 5) is 0. The Labute approximate surface area is 99.5 Å². The minimum absolute atomic E-state index is 1.11. The van der Waals surface area contributed by atoms with Gasteiger partial charge in [0.2, 0.25) is 0 Å². The van der Waals surface area contributed by atoms with Crippen molar-refractivity contribution in [2.75, 3.05) is 0 Å². The Morgan fingerprint density at radius 2 is 0.667 bits per heavy atom. The molecule has 2 heteroatoms. The summed E-state index contributed by atoms with van der Waals surface area (Å²) in [6, 6.07) is 0. The van der Waals surface area contributed by atoms with E-state index < -0.39 is 0 Å². The Hall–Kier alpha value is 1.46. The second kappa shape index (κ2) is 1.65. The first-order valence-corrected chi connectivity index (χ1v) is 7.59. The van der Waals surface area contributed by atoms with Gasteiger partial charge in [-0.25, -0.2) is 0 Å². The molecule has 0 radical (unpaired) electrons. The molecule has 0 aromatic heterocycles. The first-order valence-electron chi connectivity index (χ1n) is 5.10. The Balaban J connectivity index is 1.83. The van der Waals surface area contributed by atoms with E-state index in [9.17, 15) is 0 Å². The maximum atomic E-state index is 2.78. The monoisotopic (exact) mass is 384 g/mol. The van der Waals surface area contributed by atoms with Gasteiger partial charge in [-0.05, 0) is 47.3 Å². The van der Waals surface area contributed by atoms with E-state index in [2.05, 4.69) is 45.2 Å². The van der Waals surface area contributed by atoms with Gasteiger partial charge in [0, 0.05) is 7.85 Å². The third-order valence-corrected chi connectivity index (χ3v) is 9.24. The van der Waals surface area contributed by atoms with Crippen LogP contribution in [-0.4, -0.2) is 7.85 Å². The van der Waals surface area contributed by atoms with Gasteiger partial charge in [0.05, 0.1) is 0 Å². The topological polar surface area (TPSA) is 0 Å². The zero-order chi connectivity index (χ0) is 7.77. The molecule has 6 aliphatic rings. The number of hydrogen-bond donors (Lipinski definition) is 0. The fraction of sp³-hybridized carbons (Fsp3) is 1.00. The summed E-state index contributed by atoms with van der Waals surface area (Å²) in [6.45, 7) is 0. The SMILES string of the molecule is I[C@@H]1[C@H]2[C@H]3[C@@H](I)[C@H]4[C@@H]2[C@@H]2[C@@H]1[C@H]3[C@H]42. The maximum absolute atomic E-state index is 2.78. The molecule has 0 spiro atoms. The van der Waals surface area contributed by atoms with Crippen LogP contribution in [0.25, 0.3) is 0 Å². The van der Waals surface area contributed by atoms with Gasteiger partial charge in [0.25, 0.3) is 0 Å². The van der Waals surface area contributed by atoms with E-state index in [0.717, 1.165) is 7.85 Å². The van der Waals surface area contributed by atoms with Crippen LogP contribution < -0.4 is 0 Å². The van der Waals surface area contributed by atoms with Crippen molar-refractivity contribution in [1.29, 1.82) is 0 Å². The summed E-state index contributed by atoms with van der Waals surface area (Å²) < 4.78 is 2.21. The quantitative estimate of drug-likeness (QED) is 0.445. The van der Waals surface area contributed by atoms with Gasteiger partial charge in [-0.3, -0.25) is 0 Å². The van der Waals surface area contributed by atoms with Gasteiger partial charge < -0.3 is 0 Å². The van der Waals surface area contributed by atoms with Gasteiger partial charge in [-0.15, -0.1) is 0 Å². The van der Waals surface area contributed by atoms with E-state index in [0.29, 0.717) is 0 Å². The van der Waals surface area contributed by atoms with Crippen molar-refractivity contribution >= 4 is 45.2 Å². The second-order valence-electron chi connectivity index (χ2n) is 5.51. The van der Waals surface area contributed by atoms with Crippen molar-refractivity contribution in [3.63, 3.8) is 0 Å². The van der Waals surface area contributed by atoms with Crippen LogP contribution in [0.5, 0.6) is 0 Å². The summed E-state index contributed by atoms with van der Waals surface area (Å²) >= 11 is 5.57. The molecule has 0 aromatic carbocycles. The summed E-state index contributed by atoms with van der Waals surface area (Å²) in [7, 11) is 0. The van der Waals surface area contributed by atoms with Crippen LogP contribution in [0.1, 0.15) is 0 Å². The van der Waals surface area contributed by atoms with E-state index in [-0.39, 0.29) is 0 Å². The van der Waals surface area contributed by atoms with Crippen LogP contribution in [-0.2, 0) is 0 Å². The number of hydrogen-bond acceptors (Lipinski definition) is 0. The lowest BCUT2D eigenvalue weighted by Crippen LogP contribution is -2.61. The highest BCUT2D eigenvalue weighted by atomic mass is 127. The Kier molecular flexibility index (Phi) is 0.944. The van der Waals surface area contributed by atoms with Crippen molar-refractivity contribution in [2.45, 2.75) is 7.85 Å². The normalized spacial score (nSPS) is 90.5. The van der Waals surface area contributed by atoms with Crippen LogP contribution in [0.15, 0.2) is 0 Å². The van der Waals surface area contributed by atoms with E-state index >= 15 is 0 Å². The molecule has 6 aliphatic carbocycles. The fourth-order valence-corrected chi connectivity index (χ4v) is 9.86. The van der Waals surface area contributed by atoms with Crippen molar-refractivity contribution < 1.29 is 0 Å². The first kappa shape index (κ1) is 6.85. The molecule has 0 heterocycles. The third kappa shape index (κ3) is 0.380. The highest BCUT2D eigenvalue weighted by molar-refractivity contribution is 14.1.